The third-order valence-electron chi connectivity index (χ3n) is 3.50. The van der Waals surface area contributed by atoms with Crippen LogP contribution >= 0.6 is 0 Å². The predicted molar refractivity (Wildman–Crippen MR) is 93.0 cm³/mol. The summed E-state index contributed by atoms with van der Waals surface area (Å²) in [6.07, 6.45) is 0.701. The molecule has 0 atom stereocenters. The predicted octanol–water partition coefficient (Wildman–Crippen LogP) is 2.86. The van der Waals surface area contributed by atoms with Gasteiger partial charge in [0.05, 0.1) is 6.54 Å². The number of carbonyl (C=O) groups excluding carboxylic acids is 1. The van der Waals surface area contributed by atoms with Gasteiger partial charge < -0.3 is 14.6 Å². The number of benzene rings is 2. The third-order valence-corrected chi connectivity index (χ3v) is 3.50. The van der Waals surface area contributed by atoms with Crippen molar-refractivity contribution in [2.75, 3.05) is 13.2 Å². The van der Waals surface area contributed by atoms with Gasteiger partial charge in [-0.3, -0.25) is 4.79 Å². The zero-order valence-electron chi connectivity index (χ0n) is 13.7. The van der Waals surface area contributed by atoms with E-state index < -0.39 is 0 Å². The molecule has 0 aliphatic rings. The van der Waals surface area contributed by atoms with Crippen molar-refractivity contribution in [2.24, 2.45) is 0 Å². The van der Waals surface area contributed by atoms with Gasteiger partial charge >= 0.3 is 0 Å². The number of ether oxygens (including phenoxy) is 1. The first-order chi connectivity index (χ1) is 12.3. The molecule has 3 aromatic rings. The van der Waals surface area contributed by atoms with Crippen LogP contribution in [-0.2, 0) is 11.2 Å². The van der Waals surface area contributed by atoms with Crippen LogP contribution in [0.3, 0.4) is 0 Å². The van der Waals surface area contributed by atoms with Gasteiger partial charge in [0.2, 0.25) is 17.6 Å². The van der Waals surface area contributed by atoms with Gasteiger partial charge in [-0.15, -0.1) is 0 Å². The molecule has 25 heavy (non-hydrogen) atoms. The molecule has 0 spiro atoms. The molecule has 2 aromatic carbocycles. The quantitative estimate of drug-likeness (QED) is 0.640. The standard InChI is InChI=1S/C19H19N3O3/c23-17(20-13-14-24-16-9-5-2-6-10-16)11-12-18-21-19(22-25-18)15-7-3-1-4-8-15/h1-10H,11-14H2,(H,20,23). The molecule has 0 aliphatic heterocycles. The molecule has 0 fully saturated rings. The summed E-state index contributed by atoms with van der Waals surface area (Å²) in [6.45, 7) is 0.876. The van der Waals surface area contributed by atoms with Crippen LogP contribution in [0.15, 0.2) is 65.2 Å². The van der Waals surface area contributed by atoms with Crippen LogP contribution < -0.4 is 10.1 Å². The summed E-state index contributed by atoms with van der Waals surface area (Å²) in [5.41, 5.74) is 0.889. The number of hydrogen-bond acceptors (Lipinski definition) is 5. The average molecular weight is 337 g/mol. The van der Waals surface area contributed by atoms with Gasteiger partial charge in [0.1, 0.15) is 12.4 Å². The molecule has 0 aliphatic carbocycles. The highest BCUT2D eigenvalue weighted by atomic mass is 16.5. The van der Waals surface area contributed by atoms with Crippen LogP contribution in [0, 0.1) is 0 Å². The van der Waals surface area contributed by atoms with E-state index in [1.807, 2.05) is 60.7 Å². The summed E-state index contributed by atoms with van der Waals surface area (Å²) in [7, 11) is 0. The Morgan fingerprint density at radius 2 is 1.76 bits per heavy atom. The highest BCUT2D eigenvalue weighted by molar-refractivity contribution is 5.76. The van der Waals surface area contributed by atoms with E-state index in [4.69, 9.17) is 9.26 Å². The van der Waals surface area contributed by atoms with Gasteiger partial charge in [0.15, 0.2) is 0 Å². The monoisotopic (exact) mass is 337 g/mol. The van der Waals surface area contributed by atoms with Crippen molar-refractivity contribution in [3.63, 3.8) is 0 Å². The van der Waals surface area contributed by atoms with E-state index in [2.05, 4.69) is 15.5 Å². The second kappa shape index (κ2) is 8.63. The molecule has 0 radical (unpaired) electrons. The number of rotatable bonds is 8. The summed E-state index contributed by atoms with van der Waals surface area (Å²) in [5, 5.41) is 6.74. The Balaban J connectivity index is 1.37. The number of aryl methyl sites for hydroxylation is 1. The second-order valence-electron chi connectivity index (χ2n) is 5.39. The van der Waals surface area contributed by atoms with Gasteiger partial charge in [-0.25, -0.2) is 0 Å². The SMILES string of the molecule is O=C(CCc1nc(-c2ccccc2)no1)NCCOc1ccccc1. The minimum absolute atomic E-state index is 0.0730. The molecule has 0 saturated carbocycles. The van der Waals surface area contributed by atoms with Gasteiger partial charge in [-0.1, -0.05) is 53.7 Å². The number of nitrogens with one attached hydrogen (secondary N) is 1. The third kappa shape index (κ3) is 5.17. The molecule has 1 N–H and O–H groups in total. The summed E-state index contributed by atoms with van der Waals surface area (Å²) in [6, 6.07) is 19.1. The summed E-state index contributed by atoms with van der Waals surface area (Å²) in [4.78, 5) is 16.2. The number of aromatic nitrogens is 2. The van der Waals surface area contributed by atoms with Crippen molar-refractivity contribution in [3.05, 3.63) is 66.6 Å². The fourth-order valence-corrected chi connectivity index (χ4v) is 2.25. The molecular formula is C19H19N3O3. The normalized spacial score (nSPS) is 10.4. The van der Waals surface area contributed by atoms with Crippen LogP contribution in [0.5, 0.6) is 5.75 Å². The maximum Gasteiger partial charge on any atom is 0.227 e. The minimum atomic E-state index is -0.0730. The first-order valence-corrected chi connectivity index (χ1v) is 8.14. The molecule has 1 heterocycles. The Kier molecular flexibility index (Phi) is 5.77. The number of carbonyl (C=O) groups is 1. The number of hydrogen-bond donors (Lipinski definition) is 1. The molecule has 1 aromatic heterocycles. The second-order valence-corrected chi connectivity index (χ2v) is 5.39. The minimum Gasteiger partial charge on any atom is -0.492 e. The van der Waals surface area contributed by atoms with Crippen LogP contribution in [0.4, 0.5) is 0 Å². The highest BCUT2D eigenvalue weighted by Crippen LogP contribution is 2.15. The van der Waals surface area contributed by atoms with E-state index in [0.29, 0.717) is 37.7 Å². The van der Waals surface area contributed by atoms with E-state index in [0.717, 1.165) is 11.3 Å². The van der Waals surface area contributed by atoms with Crippen LogP contribution in [-0.4, -0.2) is 29.2 Å². The lowest BCUT2D eigenvalue weighted by Gasteiger charge is -2.07. The Morgan fingerprint density at radius 3 is 2.52 bits per heavy atom. The molecule has 0 unspecified atom stereocenters. The van der Waals surface area contributed by atoms with E-state index in [1.54, 1.807) is 0 Å². The molecule has 6 nitrogen and oxygen atoms in total. The molecule has 1 amide bonds. The van der Waals surface area contributed by atoms with Crippen molar-refractivity contribution in [1.29, 1.82) is 0 Å². The maximum atomic E-state index is 11.8. The lowest BCUT2D eigenvalue weighted by atomic mass is 10.2. The topological polar surface area (TPSA) is 77.2 Å². The van der Waals surface area contributed by atoms with Gasteiger partial charge in [0.25, 0.3) is 0 Å². The summed E-state index contributed by atoms with van der Waals surface area (Å²) < 4.78 is 10.7. The Bertz CT molecular complexity index is 788. The Labute approximate surface area is 145 Å². The highest BCUT2D eigenvalue weighted by Gasteiger charge is 2.10. The molecular weight excluding hydrogens is 318 g/mol. The van der Waals surface area contributed by atoms with Gasteiger partial charge in [-0.05, 0) is 12.1 Å². The van der Waals surface area contributed by atoms with Crippen LogP contribution in [0.25, 0.3) is 11.4 Å². The average Bonchev–Trinajstić information content (AvgIpc) is 3.14. The Hall–Kier alpha value is -3.15. The zero-order valence-corrected chi connectivity index (χ0v) is 13.7. The lowest BCUT2D eigenvalue weighted by Crippen LogP contribution is -2.28. The van der Waals surface area contributed by atoms with Crippen molar-refractivity contribution in [1.82, 2.24) is 15.5 Å². The summed E-state index contributed by atoms with van der Waals surface area (Å²) >= 11 is 0. The van der Waals surface area contributed by atoms with Crippen LogP contribution in [0.1, 0.15) is 12.3 Å². The fraction of sp³-hybridized carbons (Fsp3) is 0.211. The van der Waals surface area contributed by atoms with Crippen molar-refractivity contribution in [3.8, 4) is 17.1 Å². The molecule has 128 valence electrons. The lowest BCUT2D eigenvalue weighted by molar-refractivity contribution is -0.121. The number of nitrogens with zero attached hydrogens (tertiary/aromatic N) is 2. The van der Waals surface area contributed by atoms with Gasteiger partial charge in [-0.2, -0.15) is 4.98 Å². The van der Waals surface area contributed by atoms with Crippen molar-refractivity contribution < 1.29 is 14.1 Å². The van der Waals surface area contributed by atoms with Crippen molar-refractivity contribution in [2.45, 2.75) is 12.8 Å². The first-order valence-electron chi connectivity index (χ1n) is 8.14. The fourth-order valence-electron chi connectivity index (χ4n) is 2.25. The van der Waals surface area contributed by atoms with Crippen molar-refractivity contribution >= 4 is 5.91 Å². The van der Waals surface area contributed by atoms with Gasteiger partial charge in [0, 0.05) is 18.4 Å². The molecule has 0 bridgehead atoms. The van der Waals surface area contributed by atoms with E-state index >= 15 is 0 Å². The Morgan fingerprint density at radius 1 is 1.04 bits per heavy atom. The number of amides is 1. The molecule has 0 saturated heterocycles. The largest absolute Gasteiger partial charge is 0.492 e. The smallest absolute Gasteiger partial charge is 0.227 e. The maximum absolute atomic E-state index is 11.8. The van der Waals surface area contributed by atoms with E-state index in [1.165, 1.54) is 0 Å². The van der Waals surface area contributed by atoms with Crippen LogP contribution in [0.2, 0.25) is 0 Å². The molecule has 3 rings (SSSR count). The van der Waals surface area contributed by atoms with E-state index in [9.17, 15) is 4.79 Å². The molecule has 6 heteroatoms. The first kappa shape index (κ1) is 16.7. The number of para-hydroxylation sites is 1. The zero-order chi connectivity index (χ0) is 17.3. The summed E-state index contributed by atoms with van der Waals surface area (Å²) in [5.74, 6) is 1.70. The van der Waals surface area contributed by atoms with E-state index in [-0.39, 0.29) is 5.91 Å².